The number of nitrogens with two attached hydrogens (primary N) is 1. The van der Waals surface area contributed by atoms with Crippen LogP contribution in [0.4, 0.5) is 4.39 Å². The second-order valence-electron chi connectivity index (χ2n) is 5.29. The molecule has 1 aromatic rings. The summed E-state index contributed by atoms with van der Waals surface area (Å²) >= 11 is 0. The van der Waals surface area contributed by atoms with Crippen LogP contribution in [0.1, 0.15) is 37.8 Å². The summed E-state index contributed by atoms with van der Waals surface area (Å²) in [5.74, 6) is -0.114. The minimum Gasteiger partial charge on any atom is -0.325 e. The van der Waals surface area contributed by atoms with Crippen molar-refractivity contribution in [1.82, 2.24) is 0 Å². The molecule has 2 heteroatoms. The molecule has 0 aliphatic heterocycles. The Morgan fingerprint density at radius 1 is 1.33 bits per heavy atom. The number of aryl methyl sites for hydroxylation is 1. The first-order chi connectivity index (χ1) is 6.87. The van der Waals surface area contributed by atoms with Crippen LogP contribution >= 0.6 is 0 Å². The lowest BCUT2D eigenvalue weighted by molar-refractivity contribution is 0.379. The summed E-state index contributed by atoms with van der Waals surface area (Å²) in [5.41, 5.74) is 7.58. The molecule has 1 aromatic carbocycles. The van der Waals surface area contributed by atoms with E-state index in [0.717, 1.165) is 24.0 Å². The highest BCUT2D eigenvalue weighted by Crippen LogP contribution is 2.55. The number of rotatable bonds is 2. The summed E-state index contributed by atoms with van der Waals surface area (Å²) in [6.07, 6.45) is 1.99. The molecule has 1 aliphatic carbocycles. The van der Waals surface area contributed by atoms with E-state index in [2.05, 4.69) is 0 Å². The normalized spacial score (nSPS) is 19.0. The maximum Gasteiger partial charge on any atom is 0.127 e. The fourth-order valence-electron chi connectivity index (χ4n) is 2.39. The van der Waals surface area contributed by atoms with Gasteiger partial charge in [-0.1, -0.05) is 17.7 Å². The molecule has 2 N–H and O–H groups in total. The van der Waals surface area contributed by atoms with Crippen LogP contribution in [0.3, 0.4) is 0 Å². The van der Waals surface area contributed by atoms with Crippen LogP contribution in [0, 0.1) is 12.7 Å². The first kappa shape index (κ1) is 10.6. The molecule has 0 saturated heterocycles. The molecule has 1 nitrogen and oxygen atoms in total. The summed E-state index contributed by atoms with van der Waals surface area (Å²) in [4.78, 5) is 0. The third kappa shape index (κ3) is 1.57. The third-order valence-corrected chi connectivity index (χ3v) is 3.62. The van der Waals surface area contributed by atoms with Gasteiger partial charge in [0, 0.05) is 11.0 Å². The van der Waals surface area contributed by atoms with Crippen molar-refractivity contribution in [2.45, 2.75) is 44.6 Å². The highest BCUT2D eigenvalue weighted by molar-refractivity contribution is 5.39. The fraction of sp³-hybridized carbons (Fsp3) is 0.538. The number of halogens is 1. The molecule has 15 heavy (non-hydrogen) atoms. The monoisotopic (exact) mass is 207 g/mol. The van der Waals surface area contributed by atoms with Crippen molar-refractivity contribution in [3.63, 3.8) is 0 Å². The van der Waals surface area contributed by atoms with Crippen molar-refractivity contribution >= 4 is 0 Å². The van der Waals surface area contributed by atoms with Gasteiger partial charge in [-0.05, 0) is 45.2 Å². The van der Waals surface area contributed by atoms with Crippen LogP contribution in [0.2, 0.25) is 0 Å². The molecule has 1 saturated carbocycles. The van der Waals surface area contributed by atoms with Crippen LogP contribution in [-0.4, -0.2) is 5.54 Å². The minimum atomic E-state index is -0.346. The molecule has 0 amide bonds. The number of hydrogen-bond acceptors (Lipinski definition) is 1. The van der Waals surface area contributed by atoms with E-state index in [0.29, 0.717) is 0 Å². The first-order valence-corrected chi connectivity index (χ1v) is 5.42. The van der Waals surface area contributed by atoms with Gasteiger partial charge in [0.1, 0.15) is 5.82 Å². The highest BCUT2D eigenvalue weighted by atomic mass is 19.1. The van der Waals surface area contributed by atoms with E-state index in [1.54, 1.807) is 12.1 Å². The molecular formula is C13H18FN. The predicted molar refractivity (Wildman–Crippen MR) is 60.3 cm³/mol. The van der Waals surface area contributed by atoms with E-state index in [1.165, 1.54) is 0 Å². The van der Waals surface area contributed by atoms with Gasteiger partial charge >= 0.3 is 0 Å². The van der Waals surface area contributed by atoms with Gasteiger partial charge in [0.15, 0.2) is 0 Å². The lowest BCUT2D eigenvalue weighted by Gasteiger charge is -2.31. The van der Waals surface area contributed by atoms with E-state index < -0.39 is 0 Å². The van der Waals surface area contributed by atoms with Crippen molar-refractivity contribution in [3.05, 3.63) is 35.1 Å². The van der Waals surface area contributed by atoms with E-state index in [1.807, 2.05) is 26.8 Å². The molecule has 0 heterocycles. The molecule has 0 radical (unpaired) electrons. The predicted octanol–water partition coefficient (Wildman–Crippen LogP) is 2.90. The van der Waals surface area contributed by atoms with E-state index in [4.69, 9.17) is 5.73 Å². The molecule has 0 spiro atoms. The Balaban J connectivity index is 2.50. The minimum absolute atomic E-state index is 0.114. The SMILES string of the molecule is Cc1ccc(F)c(C2(C(C)(C)N)CC2)c1. The van der Waals surface area contributed by atoms with Crippen LogP contribution in [0.25, 0.3) is 0 Å². The first-order valence-electron chi connectivity index (χ1n) is 5.42. The maximum atomic E-state index is 13.8. The van der Waals surface area contributed by atoms with Crippen LogP contribution in [-0.2, 0) is 5.41 Å². The van der Waals surface area contributed by atoms with Crippen LogP contribution < -0.4 is 5.73 Å². The molecule has 2 rings (SSSR count). The molecule has 0 bridgehead atoms. The Kier molecular flexibility index (Phi) is 2.16. The van der Waals surface area contributed by atoms with Crippen molar-refractivity contribution < 1.29 is 4.39 Å². The average molecular weight is 207 g/mol. The number of hydrogen-bond donors (Lipinski definition) is 1. The van der Waals surface area contributed by atoms with Gasteiger partial charge < -0.3 is 5.73 Å². The van der Waals surface area contributed by atoms with Crippen molar-refractivity contribution in [2.75, 3.05) is 0 Å². The molecule has 82 valence electrons. The van der Waals surface area contributed by atoms with Crippen molar-refractivity contribution in [1.29, 1.82) is 0 Å². The lowest BCUT2D eigenvalue weighted by atomic mass is 9.78. The topological polar surface area (TPSA) is 26.0 Å². The van der Waals surface area contributed by atoms with E-state index in [-0.39, 0.29) is 16.8 Å². The quantitative estimate of drug-likeness (QED) is 0.792. The molecular weight excluding hydrogens is 189 g/mol. The Bertz CT molecular complexity index is 386. The highest BCUT2D eigenvalue weighted by Gasteiger charge is 2.54. The van der Waals surface area contributed by atoms with Gasteiger partial charge in [0.05, 0.1) is 0 Å². The molecule has 0 aromatic heterocycles. The second-order valence-corrected chi connectivity index (χ2v) is 5.29. The van der Waals surface area contributed by atoms with E-state index in [9.17, 15) is 4.39 Å². The Labute approximate surface area is 90.5 Å². The summed E-state index contributed by atoms with van der Waals surface area (Å²) in [7, 11) is 0. The summed E-state index contributed by atoms with van der Waals surface area (Å²) in [5, 5.41) is 0. The summed E-state index contributed by atoms with van der Waals surface area (Å²) in [6.45, 7) is 5.96. The zero-order chi connectivity index (χ0) is 11.3. The standard InChI is InChI=1S/C13H18FN/c1-9-4-5-11(14)10(8-9)13(6-7-13)12(2,3)15/h4-5,8H,6-7,15H2,1-3H3. The Morgan fingerprint density at radius 3 is 2.40 bits per heavy atom. The summed E-state index contributed by atoms with van der Waals surface area (Å²) < 4.78 is 13.8. The van der Waals surface area contributed by atoms with Gasteiger partial charge in [-0.3, -0.25) is 0 Å². The van der Waals surface area contributed by atoms with Crippen molar-refractivity contribution in [3.8, 4) is 0 Å². The Hall–Kier alpha value is -0.890. The van der Waals surface area contributed by atoms with Gasteiger partial charge in [-0.15, -0.1) is 0 Å². The Morgan fingerprint density at radius 2 is 1.93 bits per heavy atom. The zero-order valence-corrected chi connectivity index (χ0v) is 9.60. The average Bonchev–Trinajstić information content (AvgIpc) is 2.88. The number of benzene rings is 1. The van der Waals surface area contributed by atoms with Gasteiger partial charge in [-0.2, -0.15) is 0 Å². The summed E-state index contributed by atoms with van der Waals surface area (Å²) in [6, 6.07) is 5.30. The van der Waals surface area contributed by atoms with Gasteiger partial charge in [0.25, 0.3) is 0 Å². The zero-order valence-electron chi connectivity index (χ0n) is 9.60. The fourth-order valence-corrected chi connectivity index (χ4v) is 2.39. The largest absolute Gasteiger partial charge is 0.325 e. The molecule has 0 atom stereocenters. The molecule has 0 unspecified atom stereocenters. The molecule has 1 fully saturated rings. The van der Waals surface area contributed by atoms with Crippen molar-refractivity contribution in [2.24, 2.45) is 5.73 Å². The lowest BCUT2D eigenvalue weighted by Crippen LogP contribution is -2.45. The smallest absolute Gasteiger partial charge is 0.127 e. The second kappa shape index (κ2) is 3.05. The van der Waals surface area contributed by atoms with E-state index >= 15 is 0 Å². The van der Waals surface area contributed by atoms with Gasteiger partial charge in [-0.25, -0.2) is 4.39 Å². The third-order valence-electron chi connectivity index (χ3n) is 3.62. The van der Waals surface area contributed by atoms with Crippen LogP contribution in [0.5, 0.6) is 0 Å². The van der Waals surface area contributed by atoms with Gasteiger partial charge in [0.2, 0.25) is 0 Å². The maximum absolute atomic E-state index is 13.8. The molecule has 1 aliphatic rings. The van der Waals surface area contributed by atoms with Crippen LogP contribution in [0.15, 0.2) is 18.2 Å².